The van der Waals surface area contributed by atoms with Gasteiger partial charge in [0.05, 0.1) is 12.9 Å². The van der Waals surface area contributed by atoms with Gasteiger partial charge in [0.2, 0.25) is 0 Å². The highest BCUT2D eigenvalue weighted by Gasteiger charge is 2.16. The third-order valence-corrected chi connectivity index (χ3v) is 5.33. The summed E-state index contributed by atoms with van der Waals surface area (Å²) in [4.78, 5) is 17.0. The van der Waals surface area contributed by atoms with Crippen molar-refractivity contribution >= 4 is 17.5 Å². The van der Waals surface area contributed by atoms with Crippen molar-refractivity contribution in [3.63, 3.8) is 0 Å². The molecule has 0 saturated heterocycles. The van der Waals surface area contributed by atoms with Crippen molar-refractivity contribution < 1.29 is 9.53 Å². The van der Waals surface area contributed by atoms with Gasteiger partial charge >= 0.3 is 0 Å². The molecule has 0 spiro atoms. The Labute approximate surface area is 151 Å². The minimum Gasteiger partial charge on any atom is -0.497 e. The Morgan fingerprint density at radius 2 is 1.96 bits per heavy atom. The van der Waals surface area contributed by atoms with Crippen LogP contribution in [0.3, 0.4) is 0 Å². The van der Waals surface area contributed by atoms with E-state index in [4.69, 9.17) is 4.74 Å². The van der Waals surface area contributed by atoms with Crippen LogP contribution in [0.2, 0.25) is 0 Å². The fraction of sp³-hybridized carbons (Fsp3) is 0.263. The van der Waals surface area contributed by atoms with Gasteiger partial charge in [-0.25, -0.2) is 4.98 Å². The third kappa shape index (κ3) is 3.49. The molecule has 0 aliphatic carbocycles. The molecule has 0 amide bonds. The predicted octanol–water partition coefficient (Wildman–Crippen LogP) is 3.81. The van der Waals surface area contributed by atoms with E-state index in [-0.39, 0.29) is 5.78 Å². The molecule has 5 nitrogen and oxygen atoms in total. The molecule has 0 bridgehead atoms. The Balaban J connectivity index is 1.75. The van der Waals surface area contributed by atoms with E-state index in [0.29, 0.717) is 5.75 Å². The molecule has 2 aromatic heterocycles. The number of imidazole rings is 1. The van der Waals surface area contributed by atoms with Gasteiger partial charge in [-0.3, -0.25) is 9.36 Å². The summed E-state index contributed by atoms with van der Waals surface area (Å²) in [7, 11) is 3.62. The summed E-state index contributed by atoms with van der Waals surface area (Å²) in [6.07, 6.45) is 3.64. The van der Waals surface area contributed by atoms with E-state index in [1.54, 1.807) is 13.3 Å². The number of aryl methyl sites for hydroxylation is 1. The van der Waals surface area contributed by atoms with Crippen molar-refractivity contribution in [2.75, 3.05) is 12.9 Å². The van der Waals surface area contributed by atoms with Crippen molar-refractivity contribution in [2.24, 2.45) is 7.05 Å². The minimum absolute atomic E-state index is 0.121. The van der Waals surface area contributed by atoms with E-state index < -0.39 is 0 Å². The van der Waals surface area contributed by atoms with Crippen molar-refractivity contribution in [3.8, 4) is 11.4 Å². The van der Waals surface area contributed by atoms with Gasteiger partial charge in [0, 0.05) is 42.1 Å². The number of nitrogens with zero attached hydrogens (tertiary/aromatic N) is 3. The quantitative estimate of drug-likeness (QED) is 0.498. The second-order valence-corrected chi connectivity index (χ2v) is 6.78. The summed E-state index contributed by atoms with van der Waals surface area (Å²) >= 11 is 1.45. The van der Waals surface area contributed by atoms with Crippen LogP contribution < -0.4 is 4.74 Å². The standard InChI is InChI=1S/C19H21N3O2S/c1-13-11-17(14(2)21(13)3)18(23)12-25-19-20-9-10-22(19)15-5-7-16(24-4)8-6-15/h5-11H,12H2,1-4H3. The highest BCUT2D eigenvalue weighted by molar-refractivity contribution is 7.99. The number of carbonyl (C=O) groups is 1. The molecule has 0 radical (unpaired) electrons. The van der Waals surface area contributed by atoms with Crippen LogP contribution in [0.15, 0.2) is 47.9 Å². The van der Waals surface area contributed by atoms with E-state index in [0.717, 1.165) is 33.5 Å². The average Bonchev–Trinajstić information content (AvgIpc) is 3.20. The number of Topliss-reactive ketones (excluding diaryl/α,β-unsaturated/α-hetero) is 1. The highest BCUT2D eigenvalue weighted by atomic mass is 32.2. The van der Waals surface area contributed by atoms with Crippen LogP contribution in [-0.2, 0) is 7.05 Å². The van der Waals surface area contributed by atoms with Crippen molar-refractivity contribution in [1.82, 2.24) is 14.1 Å². The Bertz CT molecular complexity index is 894. The molecule has 6 heteroatoms. The Kier molecular flexibility index (Phi) is 4.99. The van der Waals surface area contributed by atoms with Gasteiger partial charge in [-0.05, 0) is 44.2 Å². The number of hydrogen-bond donors (Lipinski definition) is 0. The Morgan fingerprint density at radius 3 is 2.56 bits per heavy atom. The minimum atomic E-state index is 0.121. The number of ketones is 1. The molecule has 130 valence electrons. The molecule has 3 aromatic rings. The molecule has 0 N–H and O–H groups in total. The molecule has 0 atom stereocenters. The maximum Gasteiger partial charge on any atom is 0.175 e. The topological polar surface area (TPSA) is 49.1 Å². The summed E-state index contributed by atoms with van der Waals surface area (Å²) in [5.74, 6) is 1.29. The van der Waals surface area contributed by atoms with E-state index in [9.17, 15) is 4.79 Å². The lowest BCUT2D eigenvalue weighted by atomic mass is 10.2. The maximum absolute atomic E-state index is 12.6. The Morgan fingerprint density at radius 1 is 1.24 bits per heavy atom. The van der Waals surface area contributed by atoms with E-state index in [1.165, 1.54) is 11.8 Å². The lowest BCUT2D eigenvalue weighted by Gasteiger charge is -2.08. The molecule has 0 saturated carbocycles. The number of rotatable bonds is 6. The number of ether oxygens (including phenoxy) is 1. The monoisotopic (exact) mass is 355 g/mol. The van der Waals surface area contributed by atoms with Gasteiger partial charge in [0.25, 0.3) is 0 Å². The Hall–Kier alpha value is -2.47. The zero-order valence-corrected chi connectivity index (χ0v) is 15.6. The van der Waals surface area contributed by atoms with Crippen LogP contribution in [-0.4, -0.2) is 32.8 Å². The van der Waals surface area contributed by atoms with E-state index >= 15 is 0 Å². The zero-order chi connectivity index (χ0) is 18.0. The summed E-state index contributed by atoms with van der Waals surface area (Å²) in [5.41, 5.74) is 3.86. The van der Waals surface area contributed by atoms with Crippen LogP contribution in [0.25, 0.3) is 5.69 Å². The smallest absolute Gasteiger partial charge is 0.175 e. The summed E-state index contributed by atoms with van der Waals surface area (Å²) in [5, 5.41) is 0.795. The van der Waals surface area contributed by atoms with Gasteiger partial charge < -0.3 is 9.30 Å². The van der Waals surface area contributed by atoms with E-state index in [1.807, 2.05) is 66.6 Å². The summed E-state index contributed by atoms with van der Waals surface area (Å²) < 4.78 is 9.20. The number of carbonyl (C=O) groups excluding carboxylic acids is 1. The molecule has 2 heterocycles. The normalized spacial score (nSPS) is 10.9. The van der Waals surface area contributed by atoms with Crippen LogP contribution in [0.5, 0.6) is 5.75 Å². The van der Waals surface area contributed by atoms with Crippen LogP contribution in [0, 0.1) is 13.8 Å². The largest absolute Gasteiger partial charge is 0.497 e. The first kappa shape index (κ1) is 17.4. The SMILES string of the molecule is COc1ccc(-n2ccnc2SCC(=O)c2cc(C)n(C)c2C)cc1. The number of hydrogen-bond acceptors (Lipinski definition) is 4. The first-order valence-corrected chi connectivity index (χ1v) is 8.96. The first-order chi connectivity index (χ1) is 12.0. The molecular formula is C19H21N3O2S. The van der Waals surface area contributed by atoms with Gasteiger partial charge in [0.15, 0.2) is 10.9 Å². The van der Waals surface area contributed by atoms with E-state index in [2.05, 4.69) is 4.98 Å². The van der Waals surface area contributed by atoms with Gasteiger partial charge in [0.1, 0.15) is 5.75 Å². The number of methoxy groups -OCH3 is 1. The molecular weight excluding hydrogens is 334 g/mol. The highest BCUT2D eigenvalue weighted by Crippen LogP contribution is 2.24. The lowest BCUT2D eigenvalue weighted by Crippen LogP contribution is -2.06. The lowest BCUT2D eigenvalue weighted by molar-refractivity contribution is 0.102. The summed E-state index contributed by atoms with van der Waals surface area (Å²) in [6.45, 7) is 3.98. The molecule has 0 aliphatic rings. The number of benzene rings is 1. The second-order valence-electron chi connectivity index (χ2n) is 5.83. The van der Waals surface area contributed by atoms with Crippen LogP contribution >= 0.6 is 11.8 Å². The molecule has 0 unspecified atom stereocenters. The van der Waals surface area contributed by atoms with Crippen molar-refractivity contribution in [2.45, 2.75) is 19.0 Å². The van der Waals surface area contributed by atoms with Gasteiger partial charge in [-0.15, -0.1) is 0 Å². The van der Waals surface area contributed by atoms with Gasteiger partial charge in [-0.1, -0.05) is 11.8 Å². The van der Waals surface area contributed by atoms with Gasteiger partial charge in [-0.2, -0.15) is 0 Å². The molecule has 3 rings (SSSR count). The second kappa shape index (κ2) is 7.19. The molecule has 0 aliphatic heterocycles. The first-order valence-electron chi connectivity index (χ1n) is 7.98. The molecule has 1 aromatic carbocycles. The average molecular weight is 355 g/mol. The summed E-state index contributed by atoms with van der Waals surface area (Å²) in [6, 6.07) is 9.71. The predicted molar refractivity (Wildman–Crippen MR) is 100 cm³/mol. The number of aromatic nitrogens is 3. The zero-order valence-electron chi connectivity index (χ0n) is 14.8. The fourth-order valence-corrected chi connectivity index (χ4v) is 3.54. The maximum atomic E-state index is 12.6. The molecule has 25 heavy (non-hydrogen) atoms. The fourth-order valence-electron chi connectivity index (χ4n) is 2.68. The third-order valence-electron chi connectivity index (χ3n) is 4.37. The van der Waals surface area contributed by atoms with Crippen molar-refractivity contribution in [3.05, 3.63) is 59.7 Å². The van der Waals surface area contributed by atoms with Crippen LogP contribution in [0.4, 0.5) is 0 Å². The van der Waals surface area contributed by atoms with Crippen LogP contribution in [0.1, 0.15) is 21.7 Å². The number of thioether (sulfide) groups is 1. The molecule has 0 fully saturated rings. The van der Waals surface area contributed by atoms with Crippen molar-refractivity contribution in [1.29, 1.82) is 0 Å².